The van der Waals surface area contributed by atoms with Gasteiger partial charge in [0, 0.05) is 6.20 Å². The van der Waals surface area contributed by atoms with Crippen molar-refractivity contribution in [2.75, 3.05) is 0 Å². The van der Waals surface area contributed by atoms with Gasteiger partial charge in [-0.2, -0.15) is 0 Å². The van der Waals surface area contributed by atoms with Crippen molar-refractivity contribution < 1.29 is 0 Å². The summed E-state index contributed by atoms with van der Waals surface area (Å²) in [7, 11) is 0. The van der Waals surface area contributed by atoms with Crippen LogP contribution in [0.15, 0.2) is 48.4 Å². The molecular formula is C11H17N. The molecule has 0 bridgehead atoms. The molecule has 0 saturated carbocycles. The van der Waals surface area contributed by atoms with Crippen LogP contribution in [0.5, 0.6) is 0 Å². The Bertz CT molecular complexity index is 207. The van der Waals surface area contributed by atoms with Crippen LogP contribution in [0.4, 0.5) is 0 Å². The van der Waals surface area contributed by atoms with Crippen molar-refractivity contribution in [3.05, 3.63) is 48.4 Å². The highest BCUT2D eigenvalue weighted by molar-refractivity contribution is 5.19. The van der Waals surface area contributed by atoms with Gasteiger partial charge in [0.1, 0.15) is 0 Å². The van der Waals surface area contributed by atoms with E-state index in [1.165, 1.54) is 5.57 Å². The van der Waals surface area contributed by atoms with Gasteiger partial charge in [0.2, 0.25) is 0 Å². The van der Waals surface area contributed by atoms with Crippen LogP contribution in [0, 0.1) is 0 Å². The van der Waals surface area contributed by atoms with Crippen LogP contribution >= 0.6 is 0 Å². The van der Waals surface area contributed by atoms with Gasteiger partial charge in [-0.15, -0.1) is 0 Å². The summed E-state index contributed by atoms with van der Waals surface area (Å²) in [5.41, 5.74) is 1.20. The van der Waals surface area contributed by atoms with Crippen LogP contribution in [0.2, 0.25) is 0 Å². The average Bonchev–Trinajstić information content (AvgIpc) is 2.06. The molecule has 0 unspecified atom stereocenters. The van der Waals surface area contributed by atoms with E-state index in [0.717, 1.165) is 0 Å². The minimum Gasteiger partial charge on any atom is -0.368 e. The first-order chi connectivity index (χ1) is 5.81. The van der Waals surface area contributed by atoms with Gasteiger partial charge in [-0.3, -0.25) is 0 Å². The summed E-state index contributed by atoms with van der Waals surface area (Å²) in [5, 5.41) is 3.04. The molecule has 1 N–H and O–H groups in total. The standard InChI is InChI=1S/C11H17N/c1-4-6-7-8-11(3)10-12-9-5-2/h4-10,12H,1-3H3/b6-4-,8-7-,9-5+,11-10+. The van der Waals surface area contributed by atoms with E-state index in [-0.39, 0.29) is 0 Å². The van der Waals surface area contributed by atoms with Crippen molar-refractivity contribution in [2.45, 2.75) is 20.8 Å². The van der Waals surface area contributed by atoms with Gasteiger partial charge in [-0.1, -0.05) is 30.4 Å². The molecule has 0 spiro atoms. The predicted octanol–water partition coefficient (Wildman–Crippen LogP) is 3.15. The summed E-state index contributed by atoms with van der Waals surface area (Å²) in [4.78, 5) is 0. The maximum atomic E-state index is 3.04. The normalized spacial score (nSPS) is 13.8. The fraction of sp³-hybridized carbons (Fsp3) is 0.273. The first-order valence-electron chi connectivity index (χ1n) is 4.14. The molecule has 0 amide bonds. The van der Waals surface area contributed by atoms with Gasteiger partial charge in [0.15, 0.2) is 0 Å². The molecule has 0 aromatic heterocycles. The second-order valence-electron chi connectivity index (χ2n) is 2.44. The SMILES string of the molecule is C\C=C/C=C\C(C)=C\N/C=C/C. The Balaban J connectivity index is 3.84. The third-order valence-corrected chi connectivity index (χ3v) is 1.24. The maximum absolute atomic E-state index is 3.04. The van der Waals surface area contributed by atoms with Crippen LogP contribution in [-0.2, 0) is 0 Å². The summed E-state index contributed by atoms with van der Waals surface area (Å²) < 4.78 is 0. The van der Waals surface area contributed by atoms with Gasteiger partial charge in [0.25, 0.3) is 0 Å². The van der Waals surface area contributed by atoms with Crippen molar-refractivity contribution in [2.24, 2.45) is 0 Å². The van der Waals surface area contributed by atoms with E-state index in [2.05, 4.69) is 18.3 Å². The minimum atomic E-state index is 1.20. The molecule has 0 radical (unpaired) electrons. The van der Waals surface area contributed by atoms with Crippen molar-refractivity contribution in [1.82, 2.24) is 5.32 Å². The molecule has 0 atom stereocenters. The van der Waals surface area contributed by atoms with E-state index in [0.29, 0.717) is 0 Å². The molecule has 0 aliphatic heterocycles. The van der Waals surface area contributed by atoms with E-state index in [4.69, 9.17) is 0 Å². The number of hydrogen-bond donors (Lipinski definition) is 1. The fourth-order valence-corrected chi connectivity index (χ4v) is 0.642. The highest BCUT2D eigenvalue weighted by atomic mass is 14.8. The van der Waals surface area contributed by atoms with Crippen LogP contribution < -0.4 is 5.32 Å². The second kappa shape index (κ2) is 7.86. The van der Waals surface area contributed by atoms with Gasteiger partial charge >= 0.3 is 0 Å². The Morgan fingerprint density at radius 2 is 1.83 bits per heavy atom. The number of allylic oxidation sites excluding steroid dienone is 6. The van der Waals surface area contributed by atoms with Crippen LogP contribution in [-0.4, -0.2) is 0 Å². The molecular weight excluding hydrogens is 146 g/mol. The summed E-state index contributed by atoms with van der Waals surface area (Å²) in [6, 6.07) is 0. The fourth-order valence-electron chi connectivity index (χ4n) is 0.642. The first kappa shape index (κ1) is 10.8. The van der Waals surface area contributed by atoms with E-state index < -0.39 is 0 Å². The second-order valence-corrected chi connectivity index (χ2v) is 2.44. The Kier molecular flexibility index (Phi) is 7.05. The molecule has 0 aromatic carbocycles. The number of hydrogen-bond acceptors (Lipinski definition) is 1. The van der Waals surface area contributed by atoms with E-state index in [9.17, 15) is 0 Å². The highest BCUT2D eigenvalue weighted by Gasteiger charge is 1.76. The predicted molar refractivity (Wildman–Crippen MR) is 55.7 cm³/mol. The van der Waals surface area contributed by atoms with E-state index >= 15 is 0 Å². The molecule has 0 fully saturated rings. The molecule has 0 rings (SSSR count). The lowest BCUT2D eigenvalue weighted by Crippen LogP contribution is -1.91. The summed E-state index contributed by atoms with van der Waals surface area (Å²) in [6.45, 7) is 6.03. The molecule has 12 heavy (non-hydrogen) atoms. The zero-order valence-corrected chi connectivity index (χ0v) is 8.04. The van der Waals surface area contributed by atoms with Gasteiger partial charge in [-0.25, -0.2) is 0 Å². The van der Waals surface area contributed by atoms with Crippen molar-refractivity contribution in [1.29, 1.82) is 0 Å². The minimum absolute atomic E-state index is 1.20. The average molecular weight is 163 g/mol. The third kappa shape index (κ3) is 6.87. The molecule has 0 aromatic rings. The molecule has 0 aliphatic rings. The Morgan fingerprint density at radius 1 is 1.08 bits per heavy atom. The Morgan fingerprint density at radius 3 is 2.42 bits per heavy atom. The molecule has 0 aliphatic carbocycles. The van der Waals surface area contributed by atoms with E-state index in [1.54, 1.807) is 0 Å². The smallest absolute Gasteiger partial charge is 0.00338 e. The first-order valence-corrected chi connectivity index (χ1v) is 4.14. The largest absolute Gasteiger partial charge is 0.368 e. The van der Waals surface area contributed by atoms with Crippen molar-refractivity contribution in [3.8, 4) is 0 Å². The van der Waals surface area contributed by atoms with Crippen molar-refractivity contribution >= 4 is 0 Å². The lowest BCUT2D eigenvalue weighted by molar-refractivity contribution is 1.16. The number of nitrogens with one attached hydrogen (secondary N) is 1. The quantitative estimate of drug-likeness (QED) is 0.628. The number of rotatable bonds is 4. The molecule has 66 valence electrons. The monoisotopic (exact) mass is 163 g/mol. The molecule has 0 saturated heterocycles. The Labute approximate surface area is 75.2 Å². The Hall–Kier alpha value is -1.24. The topological polar surface area (TPSA) is 12.0 Å². The molecule has 1 heteroatoms. The van der Waals surface area contributed by atoms with Gasteiger partial charge in [0.05, 0.1) is 0 Å². The van der Waals surface area contributed by atoms with Crippen molar-refractivity contribution in [3.63, 3.8) is 0 Å². The zero-order valence-electron chi connectivity index (χ0n) is 8.04. The van der Waals surface area contributed by atoms with Crippen LogP contribution in [0.25, 0.3) is 0 Å². The lowest BCUT2D eigenvalue weighted by Gasteiger charge is -1.91. The summed E-state index contributed by atoms with van der Waals surface area (Å²) in [6.07, 6.45) is 13.9. The summed E-state index contributed by atoms with van der Waals surface area (Å²) in [5.74, 6) is 0. The lowest BCUT2D eigenvalue weighted by atomic mass is 10.3. The van der Waals surface area contributed by atoms with Crippen LogP contribution in [0.3, 0.4) is 0 Å². The van der Waals surface area contributed by atoms with Gasteiger partial charge in [-0.05, 0) is 32.5 Å². The van der Waals surface area contributed by atoms with E-state index in [1.807, 2.05) is 50.6 Å². The van der Waals surface area contributed by atoms with Gasteiger partial charge < -0.3 is 5.32 Å². The molecule has 1 nitrogen and oxygen atoms in total. The highest BCUT2D eigenvalue weighted by Crippen LogP contribution is 1.92. The third-order valence-electron chi connectivity index (χ3n) is 1.24. The zero-order chi connectivity index (χ0) is 9.23. The molecule has 0 heterocycles. The van der Waals surface area contributed by atoms with Crippen LogP contribution in [0.1, 0.15) is 20.8 Å². The summed E-state index contributed by atoms with van der Waals surface area (Å²) >= 11 is 0. The maximum Gasteiger partial charge on any atom is 0.00338 e.